The molecule has 0 aliphatic heterocycles. The first-order valence-corrected chi connectivity index (χ1v) is 16.1. The van der Waals surface area contributed by atoms with E-state index in [4.69, 9.17) is 9.47 Å². The lowest BCUT2D eigenvalue weighted by Crippen LogP contribution is -2.34. The Bertz CT molecular complexity index is 1450. The summed E-state index contributed by atoms with van der Waals surface area (Å²) in [6.45, 7) is 5.65. The summed E-state index contributed by atoms with van der Waals surface area (Å²) in [6.07, 6.45) is 0.749. The molecule has 0 saturated heterocycles. The van der Waals surface area contributed by atoms with E-state index in [0.29, 0.717) is 12.2 Å². The molecule has 0 amide bonds. The average molecular weight is 659 g/mol. The first-order chi connectivity index (χ1) is 22.4. The van der Waals surface area contributed by atoms with Crippen molar-refractivity contribution in [2.24, 2.45) is 5.92 Å². The van der Waals surface area contributed by atoms with Gasteiger partial charge in [0, 0.05) is 12.5 Å². The van der Waals surface area contributed by atoms with Crippen LogP contribution in [0.2, 0.25) is 0 Å². The molecule has 0 bridgehead atoms. The van der Waals surface area contributed by atoms with E-state index in [1.54, 1.807) is 50.2 Å². The van der Waals surface area contributed by atoms with Crippen molar-refractivity contribution in [3.8, 4) is 22.6 Å². The Morgan fingerprint density at radius 2 is 1.28 bits per heavy atom. The molecule has 0 aliphatic carbocycles. The van der Waals surface area contributed by atoms with Gasteiger partial charge in [-0.15, -0.1) is 0 Å². The second-order valence-electron chi connectivity index (χ2n) is 11.9. The smallest absolute Gasteiger partial charge is 0.425 e. The number of ether oxygens (including phenoxy) is 3. The van der Waals surface area contributed by atoms with Gasteiger partial charge in [0.25, 0.3) is 0 Å². The number of carbonyl (C=O) groups excluding carboxylic acids is 3. The van der Waals surface area contributed by atoms with Crippen molar-refractivity contribution in [1.82, 2.24) is 0 Å². The molecule has 0 spiro atoms. The van der Waals surface area contributed by atoms with Crippen LogP contribution in [0.15, 0.2) is 66.7 Å². The van der Waals surface area contributed by atoms with Crippen LogP contribution in [0.1, 0.15) is 106 Å². The van der Waals surface area contributed by atoms with E-state index < -0.39 is 42.0 Å². The minimum atomic E-state index is -4.79. The lowest BCUT2D eigenvalue weighted by molar-refractivity contribution is -0.206. The molecule has 3 aromatic rings. The van der Waals surface area contributed by atoms with Crippen LogP contribution in [0.5, 0.6) is 11.5 Å². The van der Waals surface area contributed by atoms with Gasteiger partial charge in [0.15, 0.2) is 6.10 Å². The first kappa shape index (κ1) is 37.2. The number of alkyl halides is 3. The SMILES string of the molecule is CCCCCCCCCC(=O)Oc1ccc(-c2ccc(C(=O)Oc3ccc(C(=O)O[C@H](CCC(C)C)C(F)(F)F)c(F)c3)cc2)cc1. The second-order valence-corrected chi connectivity index (χ2v) is 11.9. The van der Waals surface area contributed by atoms with Crippen molar-refractivity contribution in [2.75, 3.05) is 0 Å². The zero-order valence-electron chi connectivity index (χ0n) is 27.0. The number of carbonyl (C=O) groups is 3. The predicted octanol–water partition coefficient (Wildman–Crippen LogP) is 10.3. The summed E-state index contributed by atoms with van der Waals surface area (Å²) in [7, 11) is 0. The number of hydrogen-bond donors (Lipinski definition) is 0. The Labute approximate surface area is 273 Å². The fourth-order valence-electron chi connectivity index (χ4n) is 4.78. The highest BCUT2D eigenvalue weighted by molar-refractivity contribution is 5.92. The molecule has 10 heteroatoms. The summed E-state index contributed by atoms with van der Waals surface area (Å²) >= 11 is 0. The lowest BCUT2D eigenvalue weighted by Gasteiger charge is -2.21. The van der Waals surface area contributed by atoms with Crippen molar-refractivity contribution >= 4 is 17.9 Å². The van der Waals surface area contributed by atoms with Gasteiger partial charge in [-0.1, -0.05) is 83.6 Å². The lowest BCUT2D eigenvalue weighted by atomic mass is 10.0. The number of hydrogen-bond acceptors (Lipinski definition) is 6. The number of halogens is 4. The summed E-state index contributed by atoms with van der Waals surface area (Å²) in [5, 5.41) is 0. The summed E-state index contributed by atoms with van der Waals surface area (Å²) < 4.78 is 69.9. The molecule has 0 unspecified atom stereocenters. The van der Waals surface area contributed by atoms with Crippen LogP contribution in [0.4, 0.5) is 17.6 Å². The van der Waals surface area contributed by atoms with Crippen LogP contribution >= 0.6 is 0 Å². The van der Waals surface area contributed by atoms with Crippen LogP contribution in [0.3, 0.4) is 0 Å². The third kappa shape index (κ3) is 12.5. The number of benzene rings is 3. The van der Waals surface area contributed by atoms with E-state index in [9.17, 15) is 31.9 Å². The van der Waals surface area contributed by atoms with Crippen LogP contribution in [0.25, 0.3) is 11.1 Å². The van der Waals surface area contributed by atoms with Crippen LogP contribution in [0, 0.1) is 11.7 Å². The Morgan fingerprint density at radius 3 is 1.85 bits per heavy atom. The Kier molecular flexibility index (Phi) is 14.4. The molecular weight excluding hydrogens is 616 g/mol. The zero-order valence-corrected chi connectivity index (χ0v) is 27.0. The fraction of sp³-hybridized carbons (Fsp3) is 0.432. The summed E-state index contributed by atoms with van der Waals surface area (Å²) in [5.41, 5.74) is 1.05. The largest absolute Gasteiger partial charge is 0.449 e. The van der Waals surface area contributed by atoms with Gasteiger partial charge in [0.1, 0.15) is 17.3 Å². The van der Waals surface area contributed by atoms with Gasteiger partial charge in [-0.25, -0.2) is 14.0 Å². The van der Waals surface area contributed by atoms with Crippen LogP contribution in [-0.2, 0) is 9.53 Å². The molecule has 0 N–H and O–H groups in total. The van der Waals surface area contributed by atoms with E-state index in [2.05, 4.69) is 11.7 Å². The molecule has 0 heterocycles. The summed E-state index contributed by atoms with van der Waals surface area (Å²) in [6, 6.07) is 16.1. The molecule has 0 aromatic heterocycles. The summed E-state index contributed by atoms with van der Waals surface area (Å²) in [5.74, 6) is -3.56. The maximum atomic E-state index is 14.7. The number of rotatable bonds is 17. The number of unbranched alkanes of at least 4 members (excludes halogenated alkanes) is 6. The third-order valence-electron chi connectivity index (χ3n) is 7.52. The van der Waals surface area contributed by atoms with Gasteiger partial charge in [-0.3, -0.25) is 4.79 Å². The molecule has 0 fully saturated rings. The topological polar surface area (TPSA) is 78.9 Å². The number of esters is 3. The van der Waals surface area contributed by atoms with Crippen molar-refractivity contribution in [3.05, 3.63) is 83.7 Å². The second kappa shape index (κ2) is 18.2. The molecule has 3 aromatic carbocycles. The van der Waals surface area contributed by atoms with Crippen LogP contribution in [-0.4, -0.2) is 30.2 Å². The Hall–Kier alpha value is -4.21. The maximum Gasteiger partial charge on any atom is 0.425 e. The molecule has 254 valence electrons. The Morgan fingerprint density at radius 1 is 0.702 bits per heavy atom. The van der Waals surface area contributed by atoms with Gasteiger partial charge >= 0.3 is 24.1 Å². The highest BCUT2D eigenvalue weighted by atomic mass is 19.4. The molecule has 6 nitrogen and oxygen atoms in total. The first-order valence-electron chi connectivity index (χ1n) is 16.1. The van der Waals surface area contributed by atoms with E-state index >= 15 is 0 Å². The maximum absolute atomic E-state index is 14.7. The highest BCUT2D eigenvalue weighted by Crippen LogP contribution is 2.30. The van der Waals surface area contributed by atoms with Gasteiger partial charge in [-0.05, 0) is 72.7 Å². The van der Waals surface area contributed by atoms with E-state index in [-0.39, 0.29) is 29.6 Å². The van der Waals surface area contributed by atoms with Gasteiger partial charge in [0.05, 0.1) is 11.1 Å². The van der Waals surface area contributed by atoms with Crippen molar-refractivity contribution in [2.45, 2.75) is 97.3 Å². The molecule has 3 rings (SSSR count). The predicted molar refractivity (Wildman–Crippen MR) is 171 cm³/mol. The van der Waals surface area contributed by atoms with Crippen molar-refractivity contribution in [3.63, 3.8) is 0 Å². The highest BCUT2D eigenvalue weighted by Gasteiger charge is 2.42. The normalized spacial score (nSPS) is 12.1. The third-order valence-corrected chi connectivity index (χ3v) is 7.52. The standard InChI is InChI=1S/C37H42F4O6/c1-4-5-6-7-8-9-10-11-34(42)45-29-19-17-27(18-20-29)26-13-15-28(16-14-26)35(43)46-30-21-22-31(32(38)24-30)36(44)47-33(37(39,40)41)23-12-25(2)3/h13-22,24-25,33H,4-12,23H2,1-3H3/t33-/m1/s1. The van der Waals surface area contributed by atoms with Gasteiger partial charge < -0.3 is 14.2 Å². The van der Waals surface area contributed by atoms with Crippen LogP contribution < -0.4 is 9.47 Å². The minimum absolute atomic E-state index is 0.0470. The Balaban J connectivity index is 1.52. The monoisotopic (exact) mass is 658 g/mol. The minimum Gasteiger partial charge on any atom is -0.449 e. The molecule has 0 saturated carbocycles. The zero-order chi connectivity index (χ0) is 34.4. The molecule has 0 aliphatic rings. The average Bonchev–Trinajstić information content (AvgIpc) is 3.02. The van der Waals surface area contributed by atoms with Gasteiger partial charge in [0.2, 0.25) is 0 Å². The molecular formula is C37H42F4O6. The van der Waals surface area contributed by atoms with E-state index in [1.807, 2.05) is 0 Å². The van der Waals surface area contributed by atoms with Gasteiger partial charge in [-0.2, -0.15) is 13.2 Å². The van der Waals surface area contributed by atoms with E-state index in [0.717, 1.165) is 48.6 Å². The quantitative estimate of drug-likeness (QED) is 0.0622. The van der Waals surface area contributed by atoms with Crippen molar-refractivity contribution < 1.29 is 46.2 Å². The fourth-order valence-corrected chi connectivity index (χ4v) is 4.78. The summed E-state index contributed by atoms with van der Waals surface area (Å²) in [4.78, 5) is 37.2. The molecule has 0 radical (unpaired) electrons. The van der Waals surface area contributed by atoms with E-state index in [1.165, 1.54) is 37.8 Å². The molecule has 47 heavy (non-hydrogen) atoms. The molecule has 1 atom stereocenters. The van der Waals surface area contributed by atoms with Crippen molar-refractivity contribution in [1.29, 1.82) is 0 Å².